The van der Waals surface area contributed by atoms with E-state index >= 15 is 0 Å². The van der Waals surface area contributed by atoms with E-state index in [1.54, 1.807) is 19.0 Å². The Hall–Kier alpha value is -1.49. The summed E-state index contributed by atoms with van der Waals surface area (Å²) < 4.78 is 0. The van der Waals surface area contributed by atoms with Crippen molar-refractivity contribution in [3.8, 4) is 0 Å². The lowest BCUT2D eigenvalue weighted by Gasteiger charge is -2.21. The van der Waals surface area contributed by atoms with Gasteiger partial charge in [0.15, 0.2) is 0 Å². The Morgan fingerprint density at radius 3 is 2.42 bits per heavy atom. The summed E-state index contributed by atoms with van der Waals surface area (Å²) in [7, 11) is 3.47. The first kappa shape index (κ1) is 18.8. The zero-order valence-electron chi connectivity index (χ0n) is 14.7. The van der Waals surface area contributed by atoms with Gasteiger partial charge in [-0.3, -0.25) is 9.59 Å². The monoisotopic (exact) mass is 348 g/mol. The van der Waals surface area contributed by atoms with Crippen molar-refractivity contribution in [1.29, 1.82) is 0 Å². The van der Waals surface area contributed by atoms with E-state index in [9.17, 15) is 9.59 Å². The lowest BCUT2D eigenvalue weighted by molar-refractivity contribution is -0.116. The molecule has 1 aromatic rings. The molecule has 1 aromatic carbocycles. The number of carbonyl (C=O) groups excluding carboxylic acids is 2. The molecule has 0 spiro atoms. The molecule has 132 valence electrons. The summed E-state index contributed by atoms with van der Waals surface area (Å²) in [4.78, 5) is 26.1. The van der Waals surface area contributed by atoms with Crippen LogP contribution in [0.4, 0.5) is 10.5 Å². The number of hydrogen-bond acceptors (Lipinski definition) is 3. The molecule has 2 rings (SSSR count). The van der Waals surface area contributed by atoms with Crippen LogP contribution in [-0.4, -0.2) is 30.1 Å². The van der Waals surface area contributed by atoms with Crippen LogP contribution in [0.25, 0.3) is 0 Å². The molecule has 1 aliphatic carbocycles. The van der Waals surface area contributed by atoms with Crippen molar-refractivity contribution in [1.82, 2.24) is 4.90 Å². The van der Waals surface area contributed by atoms with Gasteiger partial charge in [0.1, 0.15) is 0 Å². The van der Waals surface area contributed by atoms with E-state index < -0.39 is 0 Å². The number of carbonyl (C=O) groups is 2. The number of anilines is 1. The summed E-state index contributed by atoms with van der Waals surface area (Å²) in [6, 6.07) is 7.43. The number of hydrogen-bond donors (Lipinski definition) is 1. The third-order valence-corrected chi connectivity index (χ3v) is 5.50. The van der Waals surface area contributed by atoms with Gasteiger partial charge in [0, 0.05) is 31.1 Å². The fourth-order valence-corrected chi connectivity index (χ4v) is 3.71. The second-order valence-corrected chi connectivity index (χ2v) is 7.76. The summed E-state index contributed by atoms with van der Waals surface area (Å²) in [6.45, 7) is 0. The molecule has 0 bridgehead atoms. The average molecular weight is 349 g/mol. The Morgan fingerprint density at radius 1 is 1.12 bits per heavy atom. The van der Waals surface area contributed by atoms with E-state index in [0.29, 0.717) is 6.42 Å². The van der Waals surface area contributed by atoms with Gasteiger partial charge in [-0.05, 0) is 54.8 Å². The zero-order valence-corrected chi connectivity index (χ0v) is 15.5. The van der Waals surface area contributed by atoms with Gasteiger partial charge in [0.25, 0.3) is 5.24 Å². The fourth-order valence-electron chi connectivity index (χ4n) is 3.05. The molecule has 4 nitrogen and oxygen atoms in total. The van der Waals surface area contributed by atoms with E-state index in [-0.39, 0.29) is 11.1 Å². The molecule has 24 heavy (non-hydrogen) atoms. The van der Waals surface area contributed by atoms with Gasteiger partial charge >= 0.3 is 0 Å². The molecule has 0 radical (unpaired) electrons. The SMILES string of the molecule is CN(C)C(=O)Sc1ccc(NC(=O)CCCC2CCCCC2)cc1. The van der Waals surface area contributed by atoms with Crippen LogP contribution in [0.15, 0.2) is 29.2 Å². The Labute approximate surface area is 149 Å². The lowest BCUT2D eigenvalue weighted by atomic mass is 9.86. The number of nitrogens with zero attached hydrogens (tertiary/aromatic N) is 1. The van der Waals surface area contributed by atoms with Gasteiger partial charge in [-0.1, -0.05) is 32.1 Å². The van der Waals surface area contributed by atoms with Gasteiger partial charge in [0.05, 0.1) is 0 Å². The second-order valence-electron chi connectivity index (χ2n) is 6.73. The maximum atomic E-state index is 12.0. The van der Waals surface area contributed by atoms with Crippen LogP contribution in [-0.2, 0) is 4.79 Å². The predicted molar refractivity (Wildman–Crippen MR) is 100 cm³/mol. The van der Waals surface area contributed by atoms with Crippen molar-refractivity contribution in [3.05, 3.63) is 24.3 Å². The molecule has 0 heterocycles. The first-order valence-electron chi connectivity index (χ1n) is 8.83. The molecule has 1 fully saturated rings. The first-order chi connectivity index (χ1) is 11.5. The van der Waals surface area contributed by atoms with Crippen molar-refractivity contribution in [3.63, 3.8) is 0 Å². The van der Waals surface area contributed by atoms with Crippen molar-refractivity contribution in [2.45, 2.75) is 56.3 Å². The fraction of sp³-hybridized carbons (Fsp3) is 0.579. The number of rotatable bonds is 6. The minimum absolute atomic E-state index is 0.00509. The largest absolute Gasteiger partial charge is 0.339 e. The molecule has 0 atom stereocenters. The highest BCUT2D eigenvalue weighted by atomic mass is 32.2. The van der Waals surface area contributed by atoms with E-state index in [0.717, 1.165) is 22.9 Å². The van der Waals surface area contributed by atoms with Gasteiger partial charge < -0.3 is 10.2 Å². The first-order valence-corrected chi connectivity index (χ1v) is 9.65. The summed E-state index contributed by atoms with van der Waals surface area (Å²) >= 11 is 1.18. The van der Waals surface area contributed by atoms with Crippen LogP contribution >= 0.6 is 11.8 Å². The molecule has 0 unspecified atom stereocenters. The van der Waals surface area contributed by atoms with Gasteiger partial charge in [-0.2, -0.15) is 0 Å². The second kappa shape index (κ2) is 9.72. The van der Waals surface area contributed by atoms with Crippen molar-refractivity contribution >= 4 is 28.6 Å². The molecule has 0 saturated heterocycles. The normalized spacial score (nSPS) is 15.1. The van der Waals surface area contributed by atoms with Crippen LogP contribution in [0.2, 0.25) is 0 Å². The van der Waals surface area contributed by atoms with Gasteiger partial charge in [-0.15, -0.1) is 0 Å². The van der Waals surface area contributed by atoms with Crippen molar-refractivity contribution in [2.75, 3.05) is 19.4 Å². The Morgan fingerprint density at radius 2 is 1.79 bits per heavy atom. The number of thioether (sulfide) groups is 1. The average Bonchev–Trinajstić information content (AvgIpc) is 2.57. The van der Waals surface area contributed by atoms with Crippen LogP contribution in [0.1, 0.15) is 51.4 Å². The summed E-state index contributed by atoms with van der Waals surface area (Å²) in [5.74, 6) is 0.910. The third-order valence-electron chi connectivity index (χ3n) is 4.45. The Balaban J connectivity index is 1.70. The molecular formula is C19H28N2O2S. The van der Waals surface area contributed by atoms with Crippen LogP contribution in [0.5, 0.6) is 0 Å². The highest BCUT2D eigenvalue weighted by Gasteiger charge is 2.13. The quantitative estimate of drug-likeness (QED) is 0.723. The summed E-state index contributed by atoms with van der Waals surface area (Å²) in [5, 5.41) is 2.93. The summed E-state index contributed by atoms with van der Waals surface area (Å²) in [5.41, 5.74) is 0.791. The number of nitrogens with one attached hydrogen (secondary N) is 1. The molecule has 1 saturated carbocycles. The topological polar surface area (TPSA) is 49.4 Å². The van der Waals surface area contributed by atoms with Crippen LogP contribution < -0.4 is 5.32 Å². The maximum absolute atomic E-state index is 12.0. The third kappa shape index (κ3) is 6.56. The molecule has 0 aliphatic heterocycles. The molecular weight excluding hydrogens is 320 g/mol. The minimum Gasteiger partial charge on any atom is -0.339 e. The van der Waals surface area contributed by atoms with E-state index in [4.69, 9.17) is 0 Å². The van der Waals surface area contributed by atoms with Crippen molar-refractivity contribution in [2.24, 2.45) is 5.92 Å². The molecule has 0 aromatic heterocycles. The van der Waals surface area contributed by atoms with Crippen molar-refractivity contribution < 1.29 is 9.59 Å². The molecule has 1 aliphatic rings. The zero-order chi connectivity index (χ0) is 17.4. The Bertz CT molecular complexity index is 537. The minimum atomic E-state index is -0.00509. The highest BCUT2D eigenvalue weighted by molar-refractivity contribution is 8.13. The Kier molecular flexibility index (Phi) is 7.63. The smallest absolute Gasteiger partial charge is 0.285 e. The maximum Gasteiger partial charge on any atom is 0.285 e. The number of amides is 2. The van der Waals surface area contributed by atoms with Crippen LogP contribution in [0.3, 0.4) is 0 Å². The molecule has 2 amide bonds. The van der Waals surface area contributed by atoms with Crippen LogP contribution in [0, 0.1) is 5.92 Å². The van der Waals surface area contributed by atoms with Gasteiger partial charge in [0.2, 0.25) is 5.91 Å². The van der Waals surface area contributed by atoms with E-state index in [1.165, 1.54) is 50.3 Å². The standard InChI is InChI=1S/C19H28N2O2S/c1-21(2)19(23)24-17-13-11-16(12-14-17)20-18(22)10-6-9-15-7-4-3-5-8-15/h11-15H,3-10H2,1-2H3,(H,20,22). The van der Waals surface area contributed by atoms with E-state index in [1.807, 2.05) is 24.3 Å². The van der Waals surface area contributed by atoms with Gasteiger partial charge in [-0.25, -0.2) is 0 Å². The predicted octanol–water partition coefficient (Wildman–Crippen LogP) is 5.15. The lowest BCUT2D eigenvalue weighted by Crippen LogP contribution is -2.16. The highest BCUT2D eigenvalue weighted by Crippen LogP contribution is 2.28. The molecule has 5 heteroatoms. The summed E-state index contributed by atoms with van der Waals surface area (Å²) in [6.07, 6.45) is 9.52. The number of benzene rings is 1. The molecule has 1 N–H and O–H groups in total. The van der Waals surface area contributed by atoms with E-state index in [2.05, 4.69) is 5.32 Å².